The van der Waals surface area contributed by atoms with Crippen LogP contribution in [0.15, 0.2) is 60.8 Å². The maximum Gasteiger partial charge on any atom is 0.273 e. The van der Waals surface area contributed by atoms with E-state index >= 15 is 0 Å². The number of amides is 1. The van der Waals surface area contributed by atoms with Gasteiger partial charge in [0.05, 0.1) is 18.8 Å². The van der Waals surface area contributed by atoms with Crippen LogP contribution in [0, 0.1) is 5.82 Å². The highest BCUT2D eigenvalue weighted by atomic mass is 32.1. The number of aromatic nitrogens is 5. The van der Waals surface area contributed by atoms with Crippen LogP contribution in [-0.4, -0.2) is 31.1 Å². The zero-order valence-corrected chi connectivity index (χ0v) is 17.0. The first-order chi connectivity index (χ1) is 14.6. The fraction of sp³-hybridized carbons (Fsp3) is 0.190. The maximum atomic E-state index is 13.2. The van der Waals surface area contributed by atoms with Crippen molar-refractivity contribution in [3.63, 3.8) is 0 Å². The van der Waals surface area contributed by atoms with Crippen LogP contribution >= 0.6 is 11.3 Å². The number of carbonyl (C=O) groups excluding carboxylic acids is 1. The first-order valence-corrected chi connectivity index (χ1v) is 10.3. The van der Waals surface area contributed by atoms with Crippen molar-refractivity contribution in [1.82, 2.24) is 30.5 Å². The van der Waals surface area contributed by atoms with E-state index in [2.05, 4.69) is 25.8 Å². The number of benzene rings is 2. The van der Waals surface area contributed by atoms with Crippen LogP contribution in [-0.2, 0) is 6.54 Å². The molecule has 4 aromatic rings. The summed E-state index contributed by atoms with van der Waals surface area (Å²) in [6.45, 7) is 2.25. The van der Waals surface area contributed by atoms with Gasteiger partial charge in [-0.15, -0.1) is 15.3 Å². The molecule has 2 aromatic carbocycles. The van der Waals surface area contributed by atoms with Crippen molar-refractivity contribution >= 4 is 17.2 Å². The molecule has 0 saturated carbocycles. The second-order valence-corrected chi connectivity index (χ2v) is 7.67. The largest absolute Gasteiger partial charge is 0.344 e. The molecule has 0 spiro atoms. The first kappa shape index (κ1) is 19.8. The number of hydrogen-bond donors (Lipinski definition) is 1. The lowest BCUT2D eigenvalue weighted by Crippen LogP contribution is -2.23. The first-order valence-electron chi connectivity index (χ1n) is 9.47. The van der Waals surface area contributed by atoms with Gasteiger partial charge in [0.2, 0.25) is 0 Å². The monoisotopic (exact) mass is 422 g/mol. The standard InChI is InChI=1S/C21H19FN6OS/c1-2-18(14-8-10-16(22)11-9-14)28-13-17(24-27-28)20(29)23-12-19-25-26-21(30-19)15-6-4-3-5-7-15/h3-11,13,18H,2,12H2,1H3,(H,23,29)/t18-/m0/s1. The number of nitrogens with zero attached hydrogens (tertiary/aromatic N) is 5. The van der Waals surface area contributed by atoms with Gasteiger partial charge in [0, 0.05) is 5.56 Å². The molecule has 2 aromatic heterocycles. The topological polar surface area (TPSA) is 85.6 Å². The minimum Gasteiger partial charge on any atom is -0.344 e. The summed E-state index contributed by atoms with van der Waals surface area (Å²) in [7, 11) is 0. The molecule has 0 aliphatic heterocycles. The van der Waals surface area contributed by atoms with Crippen molar-refractivity contribution < 1.29 is 9.18 Å². The average molecular weight is 422 g/mol. The van der Waals surface area contributed by atoms with Crippen molar-refractivity contribution in [2.45, 2.75) is 25.9 Å². The number of hydrogen-bond acceptors (Lipinski definition) is 6. The summed E-state index contributed by atoms with van der Waals surface area (Å²) in [6.07, 6.45) is 2.32. The predicted octanol–water partition coefficient (Wildman–Crippen LogP) is 3.87. The molecule has 7 nitrogen and oxygen atoms in total. The van der Waals surface area contributed by atoms with E-state index in [1.807, 2.05) is 37.3 Å². The van der Waals surface area contributed by atoms with Gasteiger partial charge in [-0.2, -0.15) is 0 Å². The maximum absolute atomic E-state index is 13.2. The minimum atomic E-state index is -0.341. The molecule has 152 valence electrons. The highest BCUT2D eigenvalue weighted by Gasteiger charge is 2.17. The summed E-state index contributed by atoms with van der Waals surface area (Å²) in [5, 5.41) is 20.7. The van der Waals surface area contributed by atoms with Gasteiger partial charge in [0.25, 0.3) is 5.91 Å². The lowest BCUT2D eigenvalue weighted by Gasteiger charge is -2.14. The Hall–Kier alpha value is -3.46. The van der Waals surface area contributed by atoms with Crippen LogP contribution in [0.5, 0.6) is 0 Å². The van der Waals surface area contributed by atoms with Gasteiger partial charge in [-0.25, -0.2) is 9.07 Å². The fourth-order valence-electron chi connectivity index (χ4n) is 3.06. The molecule has 1 amide bonds. The van der Waals surface area contributed by atoms with Crippen molar-refractivity contribution in [2.75, 3.05) is 0 Å². The molecule has 0 radical (unpaired) electrons. The molecule has 0 bridgehead atoms. The summed E-state index contributed by atoms with van der Waals surface area (Å²) in [5.41, 5.74) is 2.10. The number of halogens is 1. The van der Waals surface area contributed by atoms with Crippen LogP contribution in [0.4, 0.5) is 4.39 Å². The number of nitrogens with one attached hydrogen (secondary N) is 1. The van der Waals surface area contributed by atoms with E-state index in [1.165, 1.54) is 23.5 Å². The third-order valence-electron chi connectivity index (χ3n) is 4.59. The molecular weight excluding hydrogens is 403 g/mol. The van der Waals surface area contributed by atoms with Crippen LogP contribution in [0.2, 0.25) is 0 Å². The van der Waals surface area contributed by atoms with Crippen LogP contribution in [0.1, 0.15) is 40.4 Å². The summed E-state index contributed by atoms with van der Waals surface area (Å²) in [4.78, 5) is 12.5. The molecule has 0 fully saturated rings. The van der Waals surface area contributed by atoms with Gasteiger partial charge >= 0.3 is 0 Å². The fourth-order valence-corrected chi connectivity index (χ4v) is 3.85. The van der Waals surface area contributed by atoms with Gasteiger partial charge in [-0.1, -0.05) is 65.9 Å². The Balaban J connectivity index is 1.41. The molecule has 2 heterocycles. The lowest BCUT2D eigenvalue weighted by molar-refractivity contribution is 0.0945. The lowest BCUT2D eigenvalue weighted by atomic mass is 10.0. The van der Waals surface area contributed by atoms with Crippen LogP contribution < -0.4 is 5.32 Å². The quantitative estimate of drug-likeness (QED) is 0.489. The molecule has 1 atom stereocenters. The van der Waals surface area contributed by atoms with Crippen molar-refractivity contribution in [3.05, 3.63) is 82.9 Å². The van der Waals surface area contributed by atoms with E-state index in [4.69, 9.17) is 0 Å². The summed E-state index contributed by atoms with van der Waals surface area (Å²) in [6, 6.07) is 15.9. The van der Waals surface area contributed by atoms with Gasteiger partial charge < -0.3 is 5.32 Å². The van der Waals surface area contributed by atoms with E-state index in [0.29, 0.717) is 5.01 Å². The normalized spacial score (nSPS) is 11.9. The molecule has 30 heavy (non-hydrogen) atoms. The second kappa shape index (κ2) is 8.91. The minimum absolute atomic E-state index is 0.128. The molecule has 0 aliphatic rings. The zero-order chi connectivity index (χ0) is 20.9. The third kappa shape index (κ3) is 4.41. The van der Waals surface area contributed by atoms with Crippen LogP contribution in [0.25, 0.3) is 10.6 Å². The Bertz CT molecular complexity index is 1130. The van der Waals surface area contributed by atoms with E-state index in [1.54, 1.807) is 23.0 Å². The molecule has 0 saturated heterocycles. The zero-order valence-electron chi connectivity index (χ0n) is 16.2. The van der Waals surface area contributed by atoms with Gasteiger partial charge in [-0.05, 0) is 24.1 Å². The highest BCUT2D eigenvalue weighted by Crippen LogP contribution is 2.23. The highest BCUT2D eigenvalue weighted by molar-refractivity contribution is 7.14. The van der Waals surface area contributed by atoms with Crippen molar-refractivity contribution in [2.24, 2.45) is 0 Å². The van der Waals surface area contributed by atoms with Crippen molar-refractivity contribution in [1.29, 1.82) is 0 Å². The Labute approximate surface area is 176 Å². The number of carbonyl (C=O) groups is 1. The number of rotatable bonds is 7. The summed E-state index contributed by atoms with van der Waals surface area (Å²) >= 11 is 1.43. The Morgan fingerprint density at radius 2 is 1.87 bits per heavy atom. The molecule has 1 N–H and O–H groups in total. The Morgan fingerprint density at radius 1 is 1.10 bits per heavy atom. The second-order valence-electron chi connectivity index (χ2n) is 6.61. The Kier molecular flexibility index (Phi) is 5.89. The third-order valence-corrected chi connectivity index (χ3v) is 5.56. The summed E-state index contributed by atoms with van der Waals surface area (Å²) < 4.78 is 14.8. The van der Waals surface area contributed by atoms with E-state index < -0.39 is 0 Å². The smallest absolute Gasteiger partial charge is 0.273 e. The van der Waals surface area contributed by atoms with E-state index in [-0.39, 0.29) is 30.0 Å². The Morgan fingerprint density at radius 3 is 2.60 bits per heavy atom. The molecule has 9 heteroatoms. The van der Waals surface area contributed by atoms with Gasteiger partial charge in [0.1, 0.15) is 15.8 Å². The van der Waals surface area contributed by atoms with E-state index in [0.717, 1.165) is 22.6 Å². The average Bonchev–Trinajstić information content (AvgIpc) is 3.45. The predicted molar refractivity (Wildman–Crippen MR) is 111 cm³/mol. The van der Waals surface area contributed by atoms with Gasteiger partial charge in [-0.3, -0.25) is 4.79 Å². The molecule has 0 aliphatic carbocycles. The van der Waals surface area contributed by atoms with Gasteiger partial charge in [0.15, 0.2) is 5.69 Å². The summed E-state index contributed by atoms with van der Waals surface area (Å²) in [5.74, 6) is -0.633. The molecular formula is C21H19FN6OS. The SMILES string of the molecule is CC[C@@H](c1ccc(F)cc1)n1cc(C(=O)NCc2nnc(-c3ccccc3)s2)nn1. The van der Waals surface area contributed by atoms with E-state index in [9.17, 15) is 9.18 Å². The van der Waals surface area contributed by atoms with Crippen LogP contribution in [0.3, 0.4) is 0 Å². The van der Waals surface area contributed by atoms with Crippen molar-refractivity contribution in [3.8, 4) is 10.6 Å². The molecule has 0 unspecified atom stereocenters. The molecule has 4 rings (SSSR count).